The van der Waals surface area contributed by atoms with Gasteiger partial charge in [-0.25, -0.2) is 0 Å². The zero-order valence-electron chi connectivity index (χ0n) is 19.1. The van der Waals surface area contributed by atoms with E-state index in [-0.39, 0.29) is 63.3 Å². The van der Waals surface area contributed by atoms with Crippen molar-refractivity contribution >= 4 is 24.8 Å². The molecule has 0 fully saturated rings. The van der Waals surface area contributed by atoms with Crippen LogP contribution in [-0.2, 0) is 32.5 Å². The Hall–Kier alpha value is -1.25. The molecule has 0 radical (unpaired) electrons. The third-order valence-electron chi connectivity index (χ3n) is 5.96. The minimum Gasteiger partial charge on any atom is -0.507 e. The summed E-state index contributed by atoms with van der Waals surface area (Å²) in [5, 5.41) is 11.4. The molecule has 0 aliphatic heterocycles. The van der Waals surface area contributed by atoms with E-state index in [0.29, 0.717) is 5.75 Å². The molecule has 1 aliphatic carbocycles. The van der Waals surface area contributed by atoms with Gasteiger partial charge in [-0.3, -0.25) is 0 Å². The van der Waals surface area contributed by atoms with Crippen LogP contribution in [0, 0.1) is 0 Å². The van der Waals surface area contributed by atoms with Crippen molar-refractivity contribution in [1.29, 1.82) is 0 Å². The maximum Gasteiger partial charge on any atom is 0.123 e. The Morgan fingerprint density at radius 1 is 0.645 bits per heavy atom. The minimum absolute atomic E-state index is 0. The molecule has 31 heavy (non-hydrogen) atoms. The van der Waals surface area contributed by atoms with Crippen LogP contribution in [0.15, 0.2) is 60.7 Å². The Morgan fingerprint density at radius 2 is 1.10 bits per heavy atom. The number of hydrogen-bond acceptors (Lipinski definition) is 1. The summed E-state index contributed by atoms with van der Waals surface area (Å²) in [6.07, 6.45) is 0. The van der Waals surface area contributed by atoms with E-state index in [0.717, 1.165) is 11.1 Å². The van der Waals surface area contributed by atoms with Crippen molar-refractivity contribution in [3.63, 3.8) is 0 Å². The molecule has 0 saturated carbocycles. The van der Waals surface area contributed by atoms with E-state index in [4.69, 9.17) is 0 Å². The smallest absolute Gasteiger partial charge is 0.123 e. The van der Waals surface area contributed by atoms with Gasteiger partial charge in [-0.05, 0) is 44.2 Å². The summed E-state index contributed by atoms with van der Waals surface area (Å²) in [6, 6.07) is 21.7. The van der Waals surface area contributed by atoms with Crippen LogP contribution in [0.25, 0.3) is 11.1 Å². The normalized spacial score (nSPS) is 12.7. The predicted molar refractivity (Wildman–Crippen MR) is 133 cm³/mol. The number of hydrogen-bond donors (Lipinski definition) is 1. The van der Waals surface area contributed by atoms with E-state index < -0.39 is 0 Å². The number of phenols is 1. The van der Waals surface area contributed by atoms with Gasteiger partial charge in [0, 0.05) is 33.2 Å². The molecule has 0 spiro atoms. The van der Waals surface area contributed by atoms with E-state index in [9.17, 15) is 5.11 Å². The van der Waals surface area contributed by atoms with Gasteiger partial charge < -0.3 is 5.11 Å². The average molecular weight is 491 g/mol. The van der Waals surface area contributed by atoms with Crippen molar-refractivity contribution in [3.05, 3.63) is 88.5 Å². The molecule has 0 atom stereocenters. The third-order valence-corrected chi connectivity index (χ3v) is 5.96. The molecule has 4 rings (SSSR count). The van der Waals surface area contributed by atoms with E-state index in [1.807, 2.05) is 0 Å². The average Bonchev–Trinajstić information content (AvgIpc) is 2.94. The molecule has 0 amide bonds. The third kappa shape index (κ3) is 4.91. The van der Waals surface area contributed by atoms with Crippen LogP contribution in [0.3, 0.4) is 0 Å². The van der Waals surface area contributed by atoms with Gasteiger partial charge >= 0.3 is 0 Å². The van der Waals surface area contributed by atoms with Crippen LogP contribution in [0.1, 0.15) is 75.3 Å². The Morgan fingerprint density at radius 3 is 1.52 bits per heavy atom. The molecule has 0 heterocycles. The van der Waals surface area contributed by atoms with Gasteiger partial charge in [0.15, 0.2) is 0 Å². The van der Waals surface area contributed by atoms with Gasteiger partial charge in [0.2, 0.25) is 0 Å². The van der Waals surface area contributed by atoms with E-state index in [1.165, 1.54) is 27.8 Å². The van der Waals surface area contributed by atoms with Crippen molar-refractivity contribution in [2.24, 2.45) is 0 Å². The van der Waals surface area contributed by atoms with Gasteiger partial charge in [0.25, 0.3) is 0 Å². The zero-order chi connectivity index (χ0) is 20.3. The first-order chi connectivity index (χ1) is 13.1. The molecular formula is C27H32Cl2OTi. The second-order valence-corrected chi connectivity index (χ2v) is 10.1. The molecule has 1 nitrogen and oxygen atoms in total. The van der Waals surface area contributed by atoms with E-state index in [1.54, 1.807) is 0 Å². The summed E-state index contributed by atoms with van der Waals surface area (Å²) in [6.45, 7) is 13.3. The number of aromatic hydroxyl groups is 1. The Labute approximate surface area is 214 Å². The van der Waals surface area contributed by atoms with Crippen LogP contribution >= 0.6 is 24.8 Å². The molecule has 1 N–H and O–H groups in total. The number of fused-ring (bicyclic) bond motifs is 3. The minimum atomic E-state index is -0.127. The van der Waals surface area contributed by atoms with Crippen molar-refractivity contribution in [2.75, 3.05) is 0 Å². The summed E-state index contributed by atoms with van der Waals surface area (Å²) in [7, 11) is 0. The summed E-state index contributed by atoms with van der Waals surface area (Å²) in [5.74, 6) is 0.507. The van der Waals surface area contributed by atoms with Crippen molar-refractivity contribution in [1.82, 2.24) is 0 Å². The SMILES string of the molecule is CC(C)(C)c1cc(C2c3ccccc3-c3ccccc32)c(O)c(C(C)(C)C)c1.Cl.Cl.[Ti]. The summed E-state index contributed by atoms with van der Waals surface area (Å²) >= 11 is 0. The molecule has 0 saturated heterocycles. The van der Waals surface area contributed by atoms with Gasteiger partial charge in [-0.15, -0.1) is 24.8 Å². The first-order valence-corrected chi connectivity index (χ1v) is 10.1. The fraction of sp³-hybridized carbons (Fsp3) is 0.333. The van der Waals surface area contributed by atoms with Crippen LogP contribution < -0.4 is 0 Å². The topological polar surface area (TPSA) is 20.2 Å². The number of rotatable bonds is 1. The predicted octanol–water partition coefficient (Wildman–Crippen LogP) is 7.99. The monoisotopic (exact) mass is 490 g/mol. The van der Waals surface area contributed by atoms with Gasteiger partial charge in [-0.1, -0.05) is 102 Å². The van der Waals surface area contributed by atoms with Crippen LogP contribution in [0.2, 0.25) is 0 Å². The molecule has 0 unspecified atom stereocenters. The Balaban J connectivity index is 0.00000160. The fourth-order valence-electron chi connectivity index (χ4n) is 4.37. The molecule has 3 aromatic rings. The fourth-order valence-corrected chi connectivity index (χ4v) is 4.37. The van der Waals surface area contributed by atoms with Crippen molar-refractivity contribution < 1.29 is 26.8 Å². The molecule has 3 aromatic carbocycles. The summed E-state index contributed by atoms with van der Waals surface area (Å²) in [4.78, 5) is 0. The Kier molecular flexibility index (Phi) is 8.71. The number of benzene rings is 3. The van der Waals surface area contributed by atoms with Gasteiger partial charge in [0.05, 0.1) is 0 Å². The van der Waals surface area contributed by atoms with Crippen LogP contribution in [0.5, 0.6) is 5.75 Å². The molecule has 0 bridgehead atoms. The second kappa shape index (κ2) is 9.71. The molecular weight excluding hydrogens is 459 g/mol. The largest absolute Gasteiger partial charge is 0.507 e. The van der Waals surface area contributed by atoms with Gasteiger partial charge in [-0.2, -0.15) is 0 Å². The maximum absolute atomic E-state index is 11.4. The van der Waals surface area contributed by atoms with Gasteiger partial charge in [0.1, 0.15) is 5.75 Å². The molecule has 0 aromatic heterocycles. The molecule has 164 valence electrons. The molecule has 4 heteroatoms. The molecule has 1 aliphatic rings. The van der Waals surface area contributed by atoms with Crippen LogP contribution in [0.4, 0.5) is 0 Å². The van der Waals surface area contributed by atoms with E-state index >= 15 is 0 Å². The first-order valence-electron chi connectivity index (χ1n) is 10.1. The van der Waals surface area contributed by atoms with E-state index in [2.05, 4.69) is 102 Å². The zero-order valence-corrected chi connectivity index (χ0v) is 22.3. The standard InChI is InChI=1S/C27H30O.2ClH.Ti/c1-26(2,3)17-15-22(25(28)23(16-17)27(4,5)6)24-20-13-9-7-11-18(20)19-12-8-10-14-21(19)24;;;/h7-16,24,28H,1-6H3;2*1H;. The maximum atomic E-state index is 11.4. The van der Waals surface area contributed by atoms with Crippen molar-refractivity contribution in [2.45, 2.75) is 58.3 Å². The number of phenolic OH excluding ortho intramolecular Hbond substituents is 1. The first kappa shape index (κ1) is 27.8. The second-order valence-electron chi connectivity index (χ2n) is 10.1. The number of halogens is 2. The van der Waals surface area contributed by atoms with Crippen LogP contribution in [-0.4, -0.2) is 5.11 Å². The Bertz CT molecular complexity index is 1020. The summed E-state index contributed by atoms with van der Waals surface area (Å²) < 4.78 is 0. The quantitative estimate of drug-likeness (QED) is 0.268. The van der Waals surface area contributed by atoms with Crippen molar-refractivity contribution in [3.8, 4) is 16.9 Å². The summed E-state index contributed by atoms with van der Waals surface area (Å²) in [5.41, 5.74) is 8.33.